The summed E-state index contributed by atoms with van der Waals surface area (Å²) in [6.07, 6.45) is 4.18. The maximum Gasteiger partial charge on any atom is 0.147 e. The van der Waals surface area contributed by atoms with E-state index in [0.717, 1.165) is 56.4 Å². The largest absolute Gasteiger partial charge is 0.353 e. The highest BCUT2D eigenvalue weighted by molar-refractivity contribution is 5.38. The lowest BCUT2D eigenvalue weighted by atomic mass is 10.1. The Labute approximate surface area is 122 Å². The Morgan fingerprint density at radius 3 is 2.45 bits per heavy atom. The first-order valence-corrected chi connectivity index (χ1v) is 7.65. The van der Waals surface area contributed by atoms with Crippen LogP contribution in [0, 0.1) is 13.8 Å². The van der Waals surface area contributed by atoms with E-state index in [2.05, 4.69) is 26.7 Å². The van der Waals surface area contributed by atoms with Crippen LogP contribution < -0.4 is 10.6 Å². The fraction of sp³-hybridized carbons (Fsp3) is 0.733. The Hall–Kier alpha value is -1.20. The minimum absolute atomic E-state index is 0.632. The van der Waals surface area contributed by atoms with Gasteiger partial charge in [0.15, 0.2) is 0 Å². The molecule has 1 aromatic rings. The molecule has 20 heavy (non-hydrogen) atoms. The summed E-state index contributed by atoms with van der Waals surface area (Å²) in [5.74, 6) is 1.01. The normalized spacial score (nSPS) is 18.3. The van der Waals surface area contributed by atoms with Gasteiger partial charge in [-0.2, -0.15) is 0 Å². The van der Waals surface area contributed by atoms with Crippen molar-refractivity contribution in [2.75, 3.05) is 37.6 Å². The van der Waals surface area contributed by atoms with Crippen molar-refractivity contribution >= 4 is 5.82 Å². The molecule has 5 heteroatoms. The topological polar surface area (TPSA) is 58.3 Å². The van der Waals surface area contributed by atoms with E-state index >= 15 is 0 Å². The lowest BCUT2D eigenvalue weighted by Gasteiger charge is -2.39. The lowest BCUT2D eigenvalue weighted by Crippen LogP contribution is -2.51. The molecule has 2 rings (SSSR count). The van der Waals surface area contributed by atoms with Crippen LogP contribution in [0.25, 0.3) is 0 Å². The highest BCUT2D eigenvalue weighted by atomic mass is 15.3. The van der Waals surface area contributed by atoms with Crippen LogP contribution in [0.5, 0.6) is 0 Å². The summed E-state index contributed by atoms with van der Waals surface area (Å²) in [5, 5.41) is 0. The Morgan fingerprint density at radius 1 is 1.20 bits per heavy atom. The van der Waals surface area contributed by atoms with Crippen molar-refractivity contribution in [1.82, 2.24) is 14.9 Å². The Morgan fingerprint density at radius 2 is 1.90 bits per heavy atom. The molecular formula is C15H27N5. The number of aromatic nitrogens is 2. The predicted octanol–water partition coefficient (Wildman–Crippen LogP) is 1.34. The standard InChI is InChI=1S/C15H27N5/c1-4-14(5-6-16)19-7-9-20(10-8-19)15-11-17-12(2)13(3)18-15/h11,14H,4-10,16H2,1-3H3. The van der Waals surface area contributed by atoms with Crippen molar-refractivity contribution in [3.8, 4) is 0 Å². The van der Waals surface area contributed by atoms with Gasteiger partial charge in [-0.25, -0.2) is 4.98 Å². The third kappa shape index (κ3) is 3.46. The number of nitrogens with zero attached hydrogens (tertiary/aromatic N) is 4. The van der Waals surface area contributed by atoms with Crippen LogP contribution in [-0.2, 0) is 0 Å². The molecule has 1 aliphatic rings. The number of anilines is 1. The van der Waals surface area contributed by atoms with E-state index in [-0.39, 0.29) is 0 Å². The van der Waals surface area contributed by atoms with E-state index in [1.807, 2.05) is 20.0 Å². The summed E-state index contributed by atoms with van der Waals surface area (Å²) in [4.78, 5) is 14.0. The van der Waals surface area contributed by atoms with Gasteiger partial charge < -0.3 is 10.6 Å². The first-order valence-electron chi connectivity index (χ1n) is 7.65. The number of aryl methyl sites for hydroxylation is 2. The first kappa shape index (κ1) is 15.2. The second-order valence-electron chi connectivity index (χ2n) is 5.56. The predicted molar refractivity (Wildman–Crippen MR) is 83.0 cm³/mol. The van der Waals surface area contributed by atoms with Crippen molar-refractivity contribution in [3.63, 3.8) is 0 Å². The van der Waals surface area contributed by atoms with Gasteiger partial charge in [0.05, 0.1) is 17.6 Å². The number of rotatable bonds is 5. The van der Waals surface area contributed by atoms with E-state index in [1.165, 1.54) is 6.42 Å². The zero-order valence-corrected chi connectivity index (χ0v) is 13.0. The lowest BCUT2D eigenvalue weighted by molar-refractivity contribution is 0.173. The second kappa shape index (κ2) is 6.99. The molecule has 0 saturated carbocycles. The molecule has 0 spiro atoms. The molecule has 2 N–H and O–H groups in total. The van der Waals surface area contributed by atoms with Gasteiger partial charge in [-0.3, -0.25) is 9.88 Å². The van der Waals surface area contributed by atoms with Gasteiger partial charge >= 0.3 is 0 Å². The molecule has 0 bridgehead atoms. The number of hydrogen-bond donors (Lipinski definition) is 1. The molecule has 0 aliphatic carbocycles. The monoisotopic (exact) mass is 277 g/mol. The quantitative estimate of drug-likeness (QED) is 0.880. The van der Waals surface area contributed by atoms with Crippen LogP contribution in [-0.4, -0.2) is 53.6 Å². The highest BCUT2D eigenvalue weighted by Gasteiger charge is 2.23. The number of hydrogen-bond acceptors (Lipinski definition) is 5. The van der Waals surface area contributed by atoms with Crippen molar-refractivity contribution in [1.29, 1.82) is 0 Å². The summed E-state index contributed by atoms with van der Waals surface area (Å²) in [5.41, 5.74) is 7.75. The van der Waals surface area contributed by atoms with Crippen LogP contribution >= 0.6 is 0 Å². The highest BCUT2D eigenvalue weighted by Crippen LogP contribution is 2.17. The Bertz CT molecular complexity index is 426. The van der Waals surface area contributed by atoms with Crippen LogP contribution in [0.4, 0.5) is 5.82 Å². The number of piperazine rings is 1. The molecule has 1 aromatic heterocycles. The van der Waals surface area contributed by atoms with Gasteiger partial charge in [-0.05, 0) is 33.2 Å². The summed E-state index contributed by atoms with van der Waals surface area (Å²) < 4.78 is 0. The molecule has 1 fully saturated rings. The SMILES string of the molecule is CCC(CCN)N1CCN(c2cnc(C)c(C)n2)CC1. The van der Waals surface area contributed by atoms with Gasteiger partial charge in [0.2, 0.25) is 0 Å². The van der Waals surface area contributed by atoms with Gasteiger partial charge in [-0.1, -0.05) is 6.92 Å². The minimum Gasteiger partial charge on any atom is -0.353 e. The summed E-state index contributed by atoms with van der Waals surface area (Å²) in [6.45, 7) is 11.3. The van der Waals surface area contributed by atoms with E-state index in [4.69, 9.17) is 5.73 Å². The molecule has 1 saturated heterocycles. The average Bonchev–Trinajstić information content (AvgIpc) is 2.48. The molecule has 1 aliphatic heterocycles. The van der Waals surface area contributed by atoms with E-state index in [1.54, 1.807) is 0 Å². The zero-order valence-electron chi connectivity index (χ0n) is 13.0. The molecule has 112 valence electrons. The molecule has 0 amide bonds. The molecule has 0 aromatic carbocycles. The van der Waals surface area contributed by atoms with Gasteiger partial charge in [-0.15, -0.1) is 0 Å². The molecule has 2 heterocycles. The van der Waals surface area contributed by atoms with Gasteiger partial charge in [0.25, 0.3) is 0 Å². The summed E-state index contributed by atoms with van der Waals surface area (Å²) in [6, 6.07) is 0.632. The Balaban J connectivity index is 1.95. The third-order valence-corrected chi connectivity index (χ3v) is 4.31. The fourth-order valence-electron chi connectivity index (χ4n) is 2.84. The van der Waals surface area contributed by atoms with Crippen LogP contribution in [0.15, 0.2) is 6.20 Å². The molecular weight excluding hydrogens is 250 g/mol. The Kier molecular flexibility index (Phi) is 5.31. The second-order valence-corrected chi connectivity index (χ2v) is 5.56. The smallest absolute Gasteiger partial charge is 0.147 e. The van der Waals surface area contributed by atoms with Crippen LogP contribution in [0.2, 0.25) is 0 Å². The van der Waals surface area contributed by atoms with E-state index in [9.17, 15) is 0 Å². The van der Waals surface area contributed by atoms with Crippen molar-refractivity contribution in [2.24, 2.45) is 5.73 Å². The third-order valence-electron chi connectivity index (χ3n) is 4.31. The molecule has 0 radical (unpaired) electrons. The first-order chi connectivity index (χ1) is 9.65. The van der Waals surface area contributed by atoms with Crippen LogP contribution in [0.1, 0.15) is 31.2 Å². The zero-order chi connectivity index (χ0) is 14.5. The maximum atomic E-state index is 5.71. The van der Waals surface area contributed by atoms with Crippen molar-refractivity contribution < 1.29 is 0 Å². The molecule has 1 unspecified atom stereocenters. The average molecular weight is 277 g/mol. The van der Waals surface area contributed by atoms with Gasteiger partial charge in [0, 0.05) is 32.2 Å². The summed E-state index contributed by atoms with van der Waals surface area (Å²) >= 11 is 0. The van der Waals surface area contributed by atoms with Crippen molar-refractivity contribution in [3.05, 3.63) is 17.6 Å². The summed E-state index contributed by atoms with van der Waals surface area (Å²) in [7, 11) is 0. The van der Waals surface area contributed by atoms with Crippen LogP contribution in [0.3, 0.4) is 0 Å². The maximum absolute atomic E-state index is 5.71. The fourth-order valence-corrected chi connectivity index (χ4v) is 2.84. The van der Waals surface area contributed by atoms with E-state index < -0.39 is 0 Å². The molecule has 5 nitrogen and oxygen atoms in total. The van der Waals surface area contributed by atoms with E-state index in [0.29, 0.717) is 6.04 Å². The minimum atomic E-state index is 0.632. The van der Waals surface area contributed by atoms with Crippen molar-refractivity contribution in [2.45, 2.75) is 39.7 Å². The molecule has 1 atom stereocenters. The van der Waals surface area contributed by atoms with Gasteiger partial charge in [0.1, 0.15) is 5.82 Å². The number of nitrogens with two attached hydrogens (primary N) is 1.